The zero-order chi connectivity index (χ0) is 24.9. The number of fused-ring (bicyclic) bond motifs is 1. The molecule has 2 heterocycles. The Morgan fingerprint density at radius 2 is 1.53 bits per heavy atom. The van der Waals surface area contributed by atoms with Crippen LogP contribution in [0.5, 0.6) is 11.5 Å². The van der Waals surface area contributed by atoms with Crippen molar-refractivity contribution in [3.8, 4) is 11.5 Å². The Morgan fingerprint density at radius 1 is 0.833 bits per heavy atom. The topological polar surface area (TPSA) is 62.2 Å². The molecule has 36 heavy (non-hydrogen) atoms. The standard InChI is InChI=1S/C31H35NO4/c1-35-30-15-23(10-12-25(30)19-33)28-17-27-9-5-6-14-32(27)18-29(28)24-11-13-26(20-34)31(16-24)36-21-22-7-3-2-4-8-22/h2-4,7-8,10-13,15-16,27,33-34H,5-6,9,14,17-21H2,1H3. The van der Waals surface area contributed by atoms with Gasteiger partial charge < -0.3 is 19.7 Å². The predicted octanol–water partition coefficient (Wildman–Crippen LogP) is 5.43. The number of hydrogen-bond donors (Lipinski definition) is 2. The fourth-order valence-corrected chi connectivity index (χ4v) is 5.52. The van der Waals surface area contributed by atoms with Gasteiger partial charge in [0.1, 0.15) is 18.1 Å². The van der Waals surface area contributed by atoms with Gasteiger partial charge in [0.2, 0.25) is 0 Å². The monoisotopic (exact) mass is 485 g/mol. The van der Waals surface area contributed by atoms with Gasteiger partial charge in [-0.25, -0.2) is 0 Å². The molecule has 0 radical (unpaired) electrons. The van der Waals surface area contributed by atoms with Crippen molar-refractivity contribution in [2.24, 2.45) is 0 Å². The van der Waals surface area contributed by atoms with Crippen LogP contribution in [0.1, 0.15) is 53.5 Å². The first kappa shape index (κ1) is 24.6. The Morgan fingerprint density at radius 3 is 2.25 bits per heavy atom. The van der Waals surface area contributed by atoms with Crippen LogP contribution in [0.25, 0.3) is 11.1 Å². The molecule has 5 rings (SSSR count). The van der Waals surface area contributed by atoms with Crippen LogP contribution in [-0.2, 0) is 19.8 Å². The van der Waals surface area contributed by atoms with Gasteiger partial charge in [-0.15, -0.1) is 0 Å². The second kappa shape index (κ2) is 11.3. The van der Waals surface area contributed by atoms with Crippen LogP contribution in [-0.4, -0.2) is 41.4 Å². The van der Waals surface area contributed by atoms with Gasteiger partial charge in [0.05, 0.1) is 20.3 Å². The third-order valence-corrected chi connectivity index (χ3v) is 7.54. The van der Waals surface area contributed by atoms with Crippen molar-refractivity contribution in [3.05, 3.63) is 94.5 Å². The lowest BCUT2D eigenvalue weighted by molar-refractivity contribution is 0.165. The predicted molar refractivity (Wildman–Crippen MR) is 143 cm³/mol. The van der Waals surface area contributed by atoms with Crippen molar-refractivity contribution in [2.45, 2.75) is 51.5 Å². The molecule has 2 N–H and O–H groups in total. The van der Waals surface area contributed by atoms with E-state index < -0.39 is 0 Å². The van der Waals surface area contributed by atoms with Gasteiger partial charge in [-0.05, 0) is 65.8 Å². The fourth-order valence-electron chi connectivity index (χ4n) is 5.52. The molecule has 188 valence electrons. The molecule has 0 aromatic heterocycles. The average molecular weight is 486 g/mol. The summed E-state index contributed by atoms with van der Waals surface area (Å²) in [7, 11) is 1.65. The van der Waals surface area contributed by atoms with Gasteiger partial charge >= 0.3 is 0 Å². The minimum absolute atomic E-state index is 0.0451. The minimum atomic E-state index is -0.0652. The molecule has 0 spiro atoms. The molecule has 0 bridgehead atoms. The maximum absolute atomic E-state index is 9.97. The summed E-state index contributed by atoms with van der Waals surface area (Å²) in [5.74, 6) is 1.44. The third kappa shape index (κ3) is 5.19. The Bertz CT molecular complexity index is 1220. The Kier molecular flexibility index (Phi) is 7.71. The van der Waals surface area contributed by atoms with E-state index in [-0.39, 0.29) is 13.2 Å². The number of benzene rings is 3. The molecular weight excluding hydrogens is 450 g/mol. The van der Waals surface area contributed by atoms with E-state index in [1.54, 1.807) is 7.11 Å². The van der Waals surface area contributed by atoms with Gasteiger partial charge in [0.25, 0.3) is 0 Å². The van der Waals surface area contributed by atoms with Gasteiger partial charge in [0, 0.05) is 23.7 Å². The van der Waals surface area contributed by atoms with Crippen LogP contribution in [0.2, 0.25) is 0 Å². The highest BCUT2D eigenvalue weighted by molar-refractivity contribution is 5.93. The molecule has 3 aromatic rings. The molecule has 0 amide bonds. The number of nitrogens with zero attached hydrogens (tertiary/aromatic N) is 1. The van der Waals surface area contributed by atoms with E-state index in [9.17, 15) is 10.2 Å². The molecule has 5 nitrogen and oxygen atoms in total. The summed E-state index contributed by atoms with van der Waals surface area (Å²) >= 11 is 0. The number of hydrogen-bond acceptors (Lipinski definition) is 5. The van der Waals surface area contributed by atoms with E-state index in [0.717, 1.165) is 58.8 Å². The zero-order valence-corrected chi connectivity index (χ0v) is 21.0. The smallest absolute Gasteiger partial charge is 0.125 e. The molecular formula is C31H35NO4. The van der Waals surface area contributed by atoms with Gasteiger partial charge in [-0.1, -0.05) is 61.0 Å². The van der Waals surface area contributed by atoms with Gasteiger partial charge in [0.15, 0.2) is 0 Å². The molecule has 0 aliphatic carbocycles. The number of ether oxygens (including phenoxy) is 2. The van der Waals surface area contributed by atoms with E-state index in [4.69, 9.17) is 9.47 Å². The molecule has 1 unspecified atom stereocenters. The average Bonchev–Trinajstić information content (AvgIpc) is 2.95. The molecule has 0 saturated carbocycles. The second-order valence-electron chi connectivity index (χ2n) is 9.72. The second-order valence-corrected chi connectivity index (χ2v) is 9.72. The number of aliphatic hydroxyl groups excluding tert-OH is 2. The van der Waals surface area contributed by atoms with Crippen LogP contribution in [0.3, 0.4) is 0 Å². The summed E-state index contributed by atoms with van der Waals surface area (Å²) in [5, 5.41) is 19.7. The summed E-state index contributed by atoms with van der Waals surface area (Å²) in [6.07, 6.45) is 4.72. The first-order valence-electron chi connectivity index (χ1n) is 12.8. The normalized spacial score (nSPS) is 18.1. The number of methoxy groups -OCH3 is 1. The van der Waals surface area contributed by atoms with E-state index in [1.807, 2.05) is 42.5 Å². The lowest BCUT2D eigenvalue weighted by atomic mass is 9.82. The summed E-state index contributed by atoms with van der Waals surface area (Å²) in [6, 6.07) is 23.0. The Labute approximate surface area is 213 Å². The van der Waals surface area contributed by atoms with E-state index in [0.29, 0.717) is 12.6 Å². The maximum atomic E-state index is 9.97. The van der Waals surface area contributed by atoms with Gasteiger partial charge in [-0.3, -0.25) is 4.90 Å². The largest absolute Gasteiger partial charge is 0.496 e. The van der Waals surface area contributed by atoms with Crippen molar-refractivity contribution in [3.63, 3.8) is 0 Å². The number of aliphatic hydroxyl groups is 2. The lowest BCUT2D eigenvalue weighted by Crippen LogP contribution is -2.43. The van der Waals surface area contributed by atoms with Crippen molar-refractivity contribution >= 4 is 11.1 Å². The van der Waals surface area contributed by atoms with Crippen LogP contribution in [0.15, 0.2) is 66.7 Å². The zero-order valence-electron chi connectivity index (χ0n) is 21.0. The highest BCUT2D eigenvalue weighted by Gasteiger charge is 2.31. The van der Waals surface area contributed by atoms with Crippen LogP contribution < -0.4 is 9.47 Å². The SMILES string of the molecule is COc1cc(C2=C(c3ccc(CO)c(OCc4ccccc4)c3)CN3CCCCC3C2)ccc1CO. The van der Waals surface area contributed by atoms with E-state index in [1.165, 1.54) is 30.4 Å². The van der Waals surface area contributed by atoms with Crippen molar-refractivity contribution in [1.29, 1.82) is 0 Å². The fraction of sp³-hybridized carbons (Fsp3) is 0.355. The van der Waals surface area contributed by atoms with E-state index in [2.05, 4.69) is 29.2 Å². The first-order chi connectivity index (χ1) is 17.7. The van der Waals surface area contributed by atoms with Crippen LogP contribution in [0, 0.1) is 0 Å². The Hall–Kier alpha value is -3.12. The Balaban J connectivity index is 1.55. The van der Waals surface area contributed by atoms with Gasteiger partial charge in [-0.2, -0.15) is 0 Å². The highest BCUT2D eigenvalue weighted by Crippen LogP contribution is 2.41. The number of piperidine rings is 1. The van der Waals surface area contributed by atoms with Crippen molar-refractivity contribution in [1.82, 2.24) is 4.90 Å². The summed E-state index contributed by atoms with van der Waals surface area (Å²) < 4.78 is 11.8. The van der Waals surface area contributed by atoms with Crippen molar-refractivity contribution in [2.75, 3.05) is 20.2 Å². The van der Waals surface area contributed by atoms with E-state index >= 15 is 0 Å². The molecule has 2 aliphatic rings. The molecule has 1 saturated heterocycles. The molecule has 2 aliphatic heterocycles. The first-order valence-corrected chi connectivity index (χ1v) is 12.8. The minimum Gasteiger partial charge on any atom is -0.496 e. The van der Waals surface area contributed by atoms with Crippen LogP contribution >= 0.6 is 0 Å². The third-order valence-electron chi connectivity index (χ3n) is 7.54. The summed E-state index contributed by atoms with van der Waals surface area (Å²) in [5.41, 5.74) is 7.56. The maximum Gasteiger partial charge on any atom is 0.125 e. The molecule has 1 atom stereocenters. The molecule has 3 aromatic carbocycles. The molecule has 5 heteroatoms. The lowest BCUT2D eigenvalue weighted by Gasteiger charge is -2.41. The number of rotatable bonds is 8. The van der Waals surface area contributed by atoms with Crippen molar-refractivity contribution < 1.29 is 19.7 Å². The molecule has 1 fully saturated rings. The quantitative estimate of drug-likeness (QED) is 0.446. The van der Waals surface area contributed by atoms with Crippen LogP contribution in [0.4, 0.5) is 0 Å². The summed E-state index contributed by atoms with van der Waals surface area (Å²) in [6.45, 7) is 2.36. The summed E-state index contributed by atoms with van der Waals surface area (Å²) in [4.78, 5) is 2.62. The highest BCUT2D eigenvalue weighted by atomic mass is 16.5.